The fraction of sp³-hybridized carbons (Fsp3) is 0.588. The number of aromatic hydroxyl groups is 1. The van der Waals surface area contributed by atoms with Crippen LogP contribution in [0.25, 0.3) is 0 Å². The molecular weight excluding hydrogens is 296 g/mol. The quantitative estimate of drug-likeness (QED) is 0.834. The van der Waals surface area contributed by atoms with Crippen molar-refractivity contribution in [3.8, 4) is 11.5 Å². The van der Waals surface area contributed by atoms with E-state index < -0.39 is 12.0 Å². The van der Waals surface area contributed by atoms with Crippen molar-refractivity contribution in [3.63, 3.8) is 0 Å². The van der Waals surface area contributed by atoms with Crippen molar-refractivity contribution in [1.82, 2.24) is 9.80 Å². The van der Waals surface area contributed by atoms with Crippen molar-refractivity contribution in [3.05, 3.63) is 23.8 Å². The molecule has 2 unspecified atom stereocenters. The maximum Gasteiger partial charge on any atom is 0.325 e. The summed E-state index contributed by atoms with van der Waals surface area (Å²) in [6.07, 6.45) is 0. The highest BCUT2D eigenvalue weighted by Gasteiger charge is 2.34. The maximum absolute atomic E-state index is 11.9. The van der Waals surface area contributed by atoms with Crippen molar-refractivity contribution >= 4 is 5.97 Å². The highest BCUT2D eigenvalue weighted by Crippen LogP contribution is 2.33. The molecule has 6 nitrogen and oxygen atoms in total. The third kappa shape index (κ3) is 3.95. The number of rotatable bonds is 6. The highest BCUT2D eigenvalue weighted by atomic mass is 16.5. The second-order valence-corrected chi connectivity index (χ2v) is 5.88. The molecule has 0 radical (unpaired) electrons. The van der Waals surface area contributed by atoms with Crippen LogP contribution in [0.4, 0.5) is 0 Å². The summed E-state index contributed by atoms with van der Waals surface area (Å²) in [4.78, 5) is 16.2. The van der Waals surface area contributed by atoms with Crippen LogP contribution in [0.15, 0.2) is 18.2 Å². The zero-order valence-corrected chi connectivity index (χ0v) is 14.0. The molecule has 6 heteroatoms. The fourth-order valence-electron chi connectivity index (χ4n) is 3.17. The Labute approximate surface area is 137 Å². The Balaban J connectivity index is 2.28. The van der Waals surface area contributed by atoms with Gasteiger partial charge in [0, 0.05) is 25.7 Å². The van der Waals surface area contributed by atoms with Crippen LogP contribution in [-0.2, 0) is 4.79 Å². The molecule has 2 rings (SSSR count). The smallest absolute Gasteiger partial charge is 0.325 e. The molecule has 0 aliphatic carbocycles. The zero-order valence-electron chi connectivity index (χ0n) is 14.0. The van der Waals surface area contributed by atoms with Gasteiger partial charge in [-0.1, -0.05) is 13.0 Å². The summed E-state index contributed by atoms with van der Waals surface area (Å²) in [6.45, 7) is 9.82. The molecule has 1 saturated heterocycles. The number of carboxylic acids is 1. The summed E-state index contributed by atoms with van der Waals surface area (Å²) in [5.41, 5.74) is 0.635. The second-order valence-electron chi connectivity index (χ2n) is 5.88. The van der Waals surface area contributed by atoms with E-state index in [4.69, 9.17) is 4.74 Å². The third-order valence-corrected chi connectivity index (χ3v) is 4.38. The first kappa shape index (κ1) is 17.6. The van der Waals surface area contributed by atoms with E-state index in [-0.39, 0.29) is 11.8 Å². The molecule has 2 N–H and O–H groups in total. The number of aliphatic carboxylic acids is 1. The van der Waals surface area contributed by atoms with Crippen molar-refractivity contribution in [2.75, 3.05) is 32.8 Å². The SMILES string of the molecule is CCOc1cc(C(C(=O)O)N2CCN(CC)CC2C)ccc1O. The van der Waals surface area contributed by atoms with E-state index in [1.807, 2.05) is 11.8 Å². The van der Waals surface area contributed by atoms with Gasteiger partial charge in [0.15, 0.2) is 11.5 Å². The Hall–Kier alpha value is -1.79. The molecule has 0 bridgehead atoms. The van der Waals surface area contributed by atoms with Crippen LogP contribution in [0.2, 0.25) is 0 Å². The molecule has 2 atom stereocenters. The number of hydrogen-bond acceptors (Lipinski definition) is 5. The lowest BCUT2D eigenvalue weighted by Crippen LogP contribution is -2.54. The summed E-state index contributed by atoms with van der Waals surface area (Å²) in [5.74, 6) is -0.519. The molecule has 1 aliphatic heterocycles. The Morgan fingerprint density at radius 1 is 1.39 bits per heavy atom. The molecule has 1 aromatic carbocycles. The maximum atomic E-state index is 11.9. The van der Waals surface area contributed by atoms with Gasteiger partial charge in [-0.05, 0) is 38.1 Å². The monoisotopic (exact) mass is 322 g/mol. The van der Waals surface area contributed by atoms with E-state index in [2.05, 4.69) is 18.7 Å². The number of phenols is 1. The zero-order chi connectivity index (χ0) is 17.0. The second kappa shape index (κ2) is 7.66. The van der Waals surface area contributed by atoms with Crippen LogP contribution in [0.3, 0.4) is 0 Å². The van der Waals surface area contributed by atoms with E-state index in [1.165, 1.54) is 6.07 Å². The topological polar surface area (TPSA) is 73.2 Å². The van der Waals surface area contributed by atoms with E-state index >= 15 is 0 Å². The molecule has 23 heavy (non-hydrogen) atoms. The molecule has 1 aliphatic rings. The summed E-state index contributed by atoms with van der Waals surface area (Å²) >= 11 is 0. The summed E-state index contributed by atoms with van der Waals surface area (Å²) in [6, 6.07) is 4.22. The fourth-order valence-corrected chi connectivity index (χ4v) is 3.17. The minimum absolute atomic E-state index is 0.0311. The summed E-state index contributed by atoms with van der Waals surface area (Å²) in [5, 5.41) is 19.6. The van der Waals surface area contributed by atoms with E-state index in [9.17, 15) is 15.0 Å². The van der Waals surface area contributed by atoms with Gasteiger partial charge >= 0.3 is 5.97 Å². The molecule has 0 spiro atoms. The first-order valence-electron chi connectivity index (χ1n) is 8.14. The lowest BCUT2D eigenvalue weighted by atomic mass is 10.0. The van der Waals surface area contributed by atoms with Gasteiger partial charge in [-0.15, -0.1) is 0 Å². The minimum atomic E-state index is -0.880. The lowest BCUT2D eigenvalue weighted by molar-refractivity contribution is -0.145. The number of benzene rings is 1. The first-order chi connectivity index (χ1) is 11.0. The predicted octanol–water partition coefficient (Wildman–Crippen LogP) is 1.94. The average Bonchev–Trinajstić information content (AvgIpc) is 2.52. The highest BCUT2D eigenvalue weighted by molar-refractivity contribution is 5.76. The van der Waals surface area contributed by atoms with Gasteiger partial charge in [0.1, 0.15) is 6.04 Å². The van der Waals surface area contributed by atoms with Crippen LogP contribution in [0, 0.1) is 0 Å². The molecule has 0 amide bonds. The predicted molar refractivity (Wildman–Crippen MR) is 87.9 cm³/mol. The standard InChI is InChI=1S/C17H26N2O4/c1-4-18-8-9-19(12(3)11-18)16(17(21)22)13-6-7-14(20)15(10-13)23-5-2/h6-7,10,12,16,20H,4-5,8-9,11H2,1-3H3,(H,21,22). The van der Waals surface area contributed by atoms with Crippen LogP contribution in [0.5, 0.6) is 11.5 Å². The van der Waals surface area contributed by atoms with Crippen molar-refractivity contribution in [1.29, 1.82) is 0 Å². The summed E-state index contributed by atoms with van der Waals surface area (Å²) < 4.78 is 5.39. The van der Waals surface area contributed by atoms with Crippen LogP contribution in [-0.4, -0.2) is 64.8 Å². The van der Waals surface area contributed by atoms with Gasteiger partial charge in [0.25, 0.3) is 0 Å². The van der Waals surface area contributed by atoms with Crippen LogP contribution < -0.4 is 4.74 Å². The number of ether oxygens (including phenoxy) is 1. The Bertz CT molecular complexity index is 549. The van der Waals surface area contributed by atoms with E-state index in [0.717, 1.165) is 19.6 Å². The number of phenolic OH excluding ortho intramolecular Hbond substituents is 1. The number of likely N-dealkylation sites (N-methyl/N-ethyl adjacent to an activating group) is 1. The third-order valence-electron chi connectivity index (χ3n) is 4.38. The van der Waals surface area contributed by atoms with Gasteiger partial charge in [-0.3, -0.25) is 9.69 Å². The summed E-state index contributed by atoms with van der Waals surface area (Å²) in [7, 11) is 0. The number of piperazine rings is 1. The number of carboxylic acid groups (broad SMARTS) is 1. The van der Waals surface area contributed by atoms with Crippen LogP contribution >= 0.6 is 0 Å². The Kier molecular flexibility index (Phi) is 5.85. The molecule has 0 saturated carbocycles. The molecule has 1 aromatic rings. The first-order valence-corrected chi connectivity index (χ1v) is 8.14. The minimum Gasteiger partial charge on any atom is -0.504 e. The van der Waals surface area contributed by atoms with Gasteiger partial charge in [0.2, 0.25) is 0 Å². The molecule has 1 fully saturated rings. The molecule has 1 heterocycles. The van der Waals surface area contributed by atoms with Crippen molar-refractivity contribution in [2.24, 2.45) is 0 Å². The van der Waals surface area contributed by atoms with Crippen molar-refractivity contribution < 1.29 is 19.7 Å². The van der Waals surface area contributed by atoms with Gasteiger partial charge in [-0.25, -0.2) is 0 Å². The number of carbonyl (C=O) groups is 1. The largest absolute Gasteiger partial charge is 0.504 e. The lowest BCUT2D eigenvalue weighted by Gasteiger charge is -2.42. The van der Waals surface area contributed by atoms with E-state index in [1.54, 1.807) is 12.1 Å². The Morgan fingerprint density at radius 3 is 2.70 bits per heavy atom. The normalized spacial score (nSPS) is 21.1. The van der Waals surface area contributed by atoms with E-state index in [0.29, 0.717) is 24.5 Å². The van der Waals surface area contributed by atoms with Crippen molar-refractivity contribution in [2.45, 2.75) is 32.9 Å². The average molecular weight is 322 g/mol. The Morgan fingerprint density at radius 2 is 2.13 bits per heavy atom. The van der Waals surface area contributed by atoms with Gasteiger partial charge < -0.3 is 19.8 Å². The van der Waals surface area contributed by atoms with Gasteiger partial charge in [0.05, 0.1) is 6.61 Å². The molecule has 128 valence electrons. The number of hydrogen-bond donors (Lipinski definition) is 2. The van der Waals surface area contributed by atoms with Gasteiger partial charge in [-0.2, -0.15) is 0 Å². The van der Waals surface area contributed by atoms with Crippen LogP contribution in [0.1, 0.15) is 32.4 Å². The number of nitrogens with zero attached hydrogens (tertiary/aromatic N) is 2. The molecular formula is C17H26N2O4. The molecule has 0 aromatic heterocycles.